The molecule has 1 nitrogen and oxygen atoms in total. The van der Waals surface area contributed by atoms with Gasteiger partial charge < -0.3 is 0 Å². The lowest BCUT2D eigenvalue weighted by atomic mass is 9.87. The lowest BCUT2D eigenvalue weighted by molar-refractivity contribution is 0.377. The highest BCUT2D eigenvalue weighted by Crippen LogP contribution is 2.27. The fraction of sp³-hybridized carbons (Fsp3) is 0.471. The zero-order valence-corrected chi connectivity index (χ0v) is 12.2. The van der Waals surface area contributed by atoms with Crippen LogP contribution in [0.25, 0.3) is 10.9 Å². The van der Waals surface area contributed by atoms with E-state index in [1.807, 2.05) is 0 Å². The Balaban J connectivity index is 2.44. The van der Waals surface area contributed by atoms with Gasteiger partial charge in [0.25, 0.3) is 0 Å². The number of pyridine rings is 1. The number of hydrogen-bond donors (Lipinski definition) is 0. The second-order valence-corrected chi connectivity index (χ2v) is 6.38. The Morgan fingerprint density at radius 3 is 2.39 bits per heavy atom. The summed E-state index contributed by atoms with van der Waals surface area (Å²) in [7, 11) is 0. The molecule has 0 saturated heterocycles. The van der Waals surface area contributed by atoms with Crippen molar-refractivity contribution in [3.63, 3.8) is 0 Å². The molecule has 0 atom stereocenters. The Bertz CT molecular complexity index is 562. The van der Waals surface area contributed by atoms with Crippen molar-refractivity contribution in [1.29, 1.82) is 0 Å². The molecule has 1 aromatic heterocycles. The van der Waals surface area contributed by atoms with Gasteiger partial charge in [0.2, 0.25) is 0 Å². The van der Waals surface area contributed by atoms with Crippen molar-refractivity contribution < 1.29 is 0 Å². The molecule has 1 aromatic carbocycles. The number of benzene rings is 1. The summed E-state index contributed by atoms with van der Waals surface area (Å²) in [5, 5.41) is 1.30. The van der Waals surface area contributed by atoms with Crippen LogP contribution in [0.4, 0.5) is 0 Å². The molecule has 0 N–H and O–H groups in total. The minimum atomic E-state index is 0.379. The third-order valence-electron chi connectivity index (χ3n) is 3.61. The molecule has 0 aliphatic rings. The van der Waals surface area contributed by atoms with Gasteiger partial charge in [0, 0.05) is 11.1 Å². The van der Waals surface area contributed by atoms with Crippen LogP contribution in [0.2, 0.25) is 0 Å². The van der Waals surface area contributed by atoms with Gasteiger partial charge in [-0.3, -0.25) is 4.98 Å². The Kier molecular flexibility index (Phi) is 3.43. The van der Waals surface area contributed by atoms with Crippen molar-refractivity contribution in [2.45, 2.75) is 47.5 Å². The highest BCUT2D eigenvalue weighted by atomic mass is 14.7. The standard InChI is InChI=1S/C17H23N/c1-12-14(10-11-17(3,4)5)13(2)18-16-9-7-6-8-15(12)16/h6-9H,10-11H2,1-5H3. The highest BCUT2D eigenvalue weighted by molar-refractivity contribution is 5.83. The van der Waals surface area contributed by atoms with E-state index in [1.54, 1.807) is 0 Å². The lowest BCUT2D eigenvalue weighted by Gasteiger charge is -2.20. The molecule has 0 unspecified atom stereocenters. The first-order valence-electron chi connectivity index (χ1n) is 6.73. The van der Waals surface area contributed by atoms with E-state index < -0.39 is 0 Å². The number of nitrogens with zero attached hydrogens (tertiary/aromatic N) is 1. The van der Waals surface area contributed by atoms with Crippen molar-refractivity contribution in [3.8, 4) is 0 Å². The summed E-state index contributed by atoms with van der Waals surface area (Å²) in [5.41, 5.74) is 5.53. The fourth-order valence-corrected chi connectivity index (χ4v) is 2.44. The third-order valence-corrected chi connectivity index (χ3v) is 3.61. The smallest absolute Gasteiger partial charge is 0.0708 e. The van der Waals surface area contributed by atoms with E-state index in [4.69, 9.17) is 4.98 Å². The van der Waals surface area contributed by atoms with Crippen molar-refractivity contribution in [2.75, 3.05) is 0 Å². The minimum absolute atomic E-state index is 0.379. The summed E-state index contributed by atoms with van der Waals surface area (Å²) in [4.78, 5) is 4.74. The van der Waals surface area contributed by atoms with E-state index in [1.165, 1.54) is 28.6 Å². The molecule has 96 valence electrons. The van der Waals surface area contributed by atoms with Crippen LogP contribution in [0, 0.1) is 19.3 Å². The number of aryl methyl sites for hydroxylation is 2. The molecule has 0 bridgehead atoms. The second kappa shape index (κ2) is 4.72. The first-order valence-corrected chi connectivity index (χ1v) is 6.73. The number of aromatic nitrogens is 1. The molecular formula is C17H23N. The van der Waals surface area contributed by atoms with Crippen molar-refractivity contribution in [2.24, 2.45) is 5.41 Å². The molecule has 0 radical (unpaired) electrons. The third kappa shape index (κ3) is 2.72. The summed E-state index contributed by atoms with van der Waals surface area (Å²) in [6, 6.07) is 8.43. The number of fused-ring (bicyclic) bond motifs is 1. The van der Waals surface area contributed by atoms with Crippen molar-refractivity contribution in [1.82, 2.24) is 4.98 Å². The molecule has 0 fully saturated rings. The van der Waals surface area contributed by atoms with Crippen LogP contribution in [0.15, 0.2) is 24.3 Å². The van der Waals surface area contributed by atoms with Gasteiger partial charge in [-0.2, -0.15) is 0 Å². The fourth-order valence-electron chi connectivity index (χ4n) is 2.44. The van der Waals surface area contributed by atoms with E-state index in [0.717, 1.165) is 11.9 Å². The van der Waals surface area contributed by atoms with Crippen LogP contribution in [-0.4, -0.2) is 4.98 Å². The van der Waals surface area contributed by atoms with E-state index in [0.29, 0.717) is 5.41 Å². The zero-order chi connectivity index (χ0) is 13.3. The number of hydrogen-bond acceptors (Lipinski definition) is 1. The maximum atomic E-state index is 4.74. The quantitative estimate of drug-likeness (QED) is 0.733. The molecule has 0 aliphatic carbocycles. The molecule has 1 heterocycles. The molecule has 0 spiro atoms. The Hall–Kier alpha value is -1.37. The van der Waals surface area contributed by atoms with Crippen LogP contribution in [0.5, 0.6) is 0 Å². The first-order chi connectivity index (χ1) is 8.38. The Labute approximate surface area is 110 Å². The maximum absolute atomic E-state index is 4.74. The average molecular weight is 241 g/mol. The highest BCUT2D eigenvalue weighted by Gasteiger charge is 2.14. The van der Waals surface area contributed by atoms with Gasteiger partial charge in [0.1, 0.15) is 0 Å². The van der Waals surface area contributed by atoms with Gasteiger partial charge in [-0.05, 0) is 49.3 Å². The van der Waals surface area contributed by atoms with Gasteiger partial charge in [-0.25, -0.2) is 0 Å². The average Bonchev–Trinajstić information content (AvgIpc) is 2.27. The van der Waals surface area contributed by atoms with Gasteiger partial charge in [0.15, 0.2) is 0 Å². The maximum Gasteiger partial charge on any atom is 0.0708 e. The number of para-hydroxylation sites is 1. The molecular weight excluding hydrogens is 218 g/mol. The number of rotatable bonds is 2. The minimum Gasteiger partial charge on any atom is -0.253 e. The second-order valence-electron chi connectivity index (χ2n) is 6.38. The Morgan fingerprint density at radius 1 is 1.06 bits per heavy atom. The van der Waals surface area contributed by atoms with Gasteiger partial charge in [-0.15, -0.1) is 0 Å². The summed E-state index contributed by atoms with van der Waals surface area (Å²) < 4.78 is 0. The lowest BCUT2D eigenvalue weighted by Crippen LogP contribution is -2.08. The van der Waals surface area contributed by atoms with E-state index in [2.05, 4.69) is 58.9 Å². The molecule has 0 aliphatic heterocycles. The largest absolute Gasteiger partial charge is 0.253 e. The molecule has 2 aromatic rings. The van der Waals surface area contributed by atoms with Crippen molar-refractivity contribution >= 4 is 10.9 Å². The van der Waals surface area contributed by atoms with Gasteiger partial charge >= 0.3 is 0 Å². The summed E-state index contributed by atoms with van der Waals surface area (Å²) in [5.74, 6) is 0. The van der Waals surface area contributed by atoms with Crippen LogP contribution in [0.3, 0.4) is 0 Å². The zero-order valence-electron chi connectivity index (χ0n) is 12.2. The van der Waals surface area contributed by atoms with Crippen LogP contribution in [0.1, 0.15) is 44.0 Å². The monoisotopic (exact) mass is 241 g/mol. The van der Waals surface area contributed by atoms with Gasteiger partial charge in [-0.1, -0.05) is 39.0 Å². The summed E-state index contributed by atoms with van der Waals surface area (Å²) in [6.07, 6.45) is 2.33. The topological polar surface area (TPSA) is 12.9 Å². The first kappa shape index (κ1) is 13.1. The van der Waals surface area contributed by atoms with E-state index >= 15 is 0 Å². The molecule has 2 rings (SSSR count). The summed E-state index contributed by atoms with van der Waals surface area (Å²) >= 11 is 0. The predicted octanol–water partition coefficient (Wildman–Crippen LogP) is 4.83. The van der Waals surface area contributed by atoms with E-state index in [-0.39, 0.29) is 0 Å². The van der Waals surface area contributed by atoms with Crippen molar-refractivity contribution in [3.05, 3.63) is 41.1 Å². The van der Waals surface area contributed by atoms with Crippen LogP contribution >= 0.6 is 0 Å². The Morgan fingerprint density at radius 2 is 1.72 bits per heavy atom. The van der Waals surface area contributed by atoms with E-state index in [9.17, 15) is 0 Å². The van der Waals surface area contributed by atoms with Crippen LogP contribution in [-0.2, 0) is 6.42 Å². The molecule has 1 heteroatoms. The predicted molar refractivity (Wildman–Crippen MR) is 79.0 cm³/mol. The molecule has 18 heavy (non-hydrogen) atoms. The molecule has 0 amide bonds. The SMILES string of the molecule is Cc1nc2ccccc2c(C)c1CCC(C)(C)C. The van der Waals surface area contributed by atoms with Crippen LogP contribution < -0.4 is 0 Å². The molecule has 0 saturated carbocycles. The normalized spacial score (nSPS) is 12.1. The summed E-state index contributed by atoms with van der Waals surface area (Å²) in [6.45, 7) is 11.3. The van der Waals surface area contributed by atoms with Gasteiger partial charge in [0.05, 0.1) is 5.52 Å².